The summed E-state index contributed by atoms with van der Waals surface area (Å²) in [5.41, 5.74) is 5.67. The lowest BCUT2D eigenvalue weighted by atomic mass is 10.1. The average molecular weight is 223 g/mol. The van der Waals surface area contributed by atoms with Crippen LogP contribution in [-0.2, 0) is 0 Å². The van der Waals surface area contributed by atoms with Crippen molar-refractivity contribution in [2.45, 2.75) is 0 Å². The number of hydrogen-bond donors (Lipinski definition) is 1. The van der Waals surface area contributed by atoms with Crippen molar-refractivity contribution < 1.29 is 9.53 Å². The zero-order chi connectivity index (χ0) is 11.4. The molecule has 0 aliphatic carbocycles. The first-order valence-electron chi connectivity index (χ1n) is 3.92. The largest absolute Gasteiger partial charge is 0.410 e. The Morgan fingerprint density at radius 1 is 1.67 bits per heavy atom. The van der Waals surface area contributed by atoms with Crippen molar-refractivity contribution in [3.63, 3.8) is 0 Å². The normalized spacial score (nSPS) is 9.07. The monoisotopic (exact) mass is 222 g/mol. The van der Waals surface area contributed by atoms with E-state index < -0.39 is 6.09 Å². The number of amides is 1. The number of carbonyl (C=O) groups excluding carboxylic acids is 1. The van der Waals surface area contributed by atoms with Gasteiger partial charge in [-0.05, 0) is 11.6 Å². The highest BCUT2D eigenvalue weighted by molar-refractivity contribution is 6.33. The third kappa shape index (κ3) is 2.48. The summed E-state index contributed by atoms with van der Waals surface area (Å²) in [6, 6.07) is 4.77. The Balaban J connectivity index is 3.31. The number of hydrogen-bond acceptors (Lipinski definition) is 3. The predicted octanol–water partition coefficient (Wildman–Crippen LogP) is 2.31. The van der Waals surface area contributed by atoms with Crippen LogP contribution in [0.4, 0.5) is 4.79 Å². The number of nitrogens with two attached hydrogens (primary N) is 1. The second kappa shape index (κ2) is 4.49. The molecule has 0 spiro atoms. The van der Waals surface area contributed by atoms with Gasteiger partial charge in [-0.25, -0.2) is 4.79 Å². The SMILES string of the molecule is C=Cc1cc(C#N)cc(OC(N)=O)c1Cl. The summed E-state index contributed by atoms with van der Waals surface area (Å²) in [7, 11) is 0. The van der Waals surface area contributed by atoms with Gasteiger partial charge in [0.05, 0.1) is 16.7 Å². The van der Waals surface area contributed by atoms with Gasteiger partial charge in [-0.3, -0.25) is 0 Å². The average Bonchev–Trinajstić information content (AvgIpc) is 2.20. The van der Waals surface area contributed by atoms with Gasteiger partial charge in [0.15, 0.2) is 5.75 Å². The van der Waals surface area contributed by atoms with Crippen LogP contribution in [0, 0.1) is 11.3 Å². The Hall–Kier alpha value is -1.99. The minimum atomic E-state index is -0.984. The third-order valence-corrected chi connectivity index (χ3v) is 2.03. The molecule has 1 rings (SSSR count). The first kappa shape index (κ1) is 11.1. The molecule has 5 heteroatoms. The first-order valence-corrected chi connectivity index (χ1v) is 4.29. The van der Waals surface area contributed by atoms with E-state index in [1.165, 1.54) is 18.2 Å². The van der Waals surface area contributed by atoms with Gasteiger partial charge in [0.1, 0.15) is 0 Å². The maximum Gasteiger partial charge on any atom is 0.410 e. The highest BCUT2D eigenvalue weighted by Gasteiger charge is 2.10. The van der Waals surface area contributed by atoms with Crippen LogP contribution in [-0.4, -0.2) is 6.09 Å². The molecule has 1 aromatic rings. The Morgan fingerprint density at radius 2 is 2.33 bits per heavy atom. The molecule has 76 valence electrons. The van der Waals surface area contributed by atoms with Gasteiger partial charge in [-0.2, -0.15) is 5.26 Å². The van der Waals surface area contributed by atoms with Crippen LogP contribution < -0.4 is 10.5 Å². The summed E-state index contributed by atoms with van der Waals surface area (Å²) in [4.78, 5) is 10.6. The van der Waals surface area contributed by atoms with Gasteiger partial charge in [0.2, 0.25) is 0 Å². The van der Waals surface area contributed by atoms with E-state index in [-0.39, 0.29) is 10.8 Å². The first-order chi connectivity index (χ1) is 7.08. The van der Waals surface area contributed by atoms with Gasteiger partial charge in [-0.15, -0.1) is 0 Å². The van der Waals surface area contributed by atoms with Crippen LogP contribution >= 0.6 is 11.6 Å². The standard InChI is InChI=1S/C10H7ClN2O2/c1-2-7-3-6(5-12)4-8(9(7)11)15-10(13)14/h2-4H,1H2,(H2,13,14). The predicted molar refractivity (Wildman–Crippen MR) is 56.5 cm³/mol. The molecule has 0 heterocycles. The number of nitriles is 1. The van der Waals surface area contributed by atoms with Crippen LogP contribution in [0.15, 0.2) is 18.7 Å². The Morgan fingerprint density at radius 3 is 2.80 bits per heavy atom. The van der Waals surface area contributed by atoms with E-state index in [0.29, 0.717) is 11.1 Å². The molecule has 1 aromatic carbocycles. The minimum Gasteiger partial charge on any atom is -0.409 e. The molecule has 0 fully saturated rings. The fraction of sp³-hybridized carbons (Fsp3) is 0. The highest BCUT2D eigenvalue weighted by Crippen LogP contribution is 2.30. The van der Waals surface area contributed by atoms with Crippen molar-refractivity contribution in [1.29, 1.82) is 5.26 Å². The fourth-order valence-electron chi connectivity index (χ4n) is 1.02. The molecular weight excluding hydrogens is 216 g/mol. The number of ether oxygens (including phenoxy) is 1. The third-order valence-electron chi connectivity index (χ3n) is 1.63. The molecule has 1 amide bonds. The van der Waals surface area contributed by atoms with Crippen LogP contribution in [0.2, 0.25) is 5.02 Å². The quantitative estimate of drug-likeness (QED) is 0.834. The topological polar surface area (TPSA) is 76.1 Å². The van der Waals surface area contributed by atoms with Crippen LogP contribution in [0.25, 0.3) is 6.08 Å². The van der Waals surface area contributed by atoms with Gasteiger partial charge >= 0.3 is 6.09 Å². The number of halogens is 1. The maximum atomic E-state index is 10.6. The van der Waals surface area contributed by atoms with Crippen molar-refractivity contribution >= 4 is 23.8 Å². The molecule has 0 saturated carbocycles. The van der Waals surface area contributed by atoms with E-state index >= 15 is 0 Å². The van der Waals surface area contributed by atoms with Crippen LogP contribution in [0.3, 0.4) is 0 Å². The van der Waals surface area contributed by atoms with Crippen molar-refractivity contribution in [2.24, 2.45) is 5.73 Å². The van der Waals surface area contributed by atoms with Crippen molar-refractivity contribution in [3.05, 3.63) is 34.9 Å². The second-order valence-corrected chi connectivity index (χ2v) is 2.99. The maximum absolute atomic E-state index is 10.6. The lowest BCUT2D eigenvalue weighted by Crippen LogP contribution is -2.16. The van der Waals surface area contributed by atoms with E-state index in [1.54, 1.807) is 0 Å². The molecule has 15 heavy (non-hydrogen) atoms. The number of nitrogens with zero attached hydrogens (tertiary/aromatic N) is 1. The molecule has 0 saturated heterocycles. The Labute approximate surface area is 91.5 Å². The summed E-state index contributed by atoms with van der Waals surface area (Å²) in [6.45, 7) is 3.52. The summed E-state index contributed by atoms with van der Waals surface area (Å²) < 4.78 is 4.64. The molecule has 0 aliphatic rings. The Bertz CT molecular complexity index is 463. The van der Waals surface area contributed by atoms with Crippen molar-refractivity contribution in [2.75, 3.05) is 0 Å². The molecule has 0 radical (unpaired) electrons. The molecular formula is C10H7ClN2O2. The van der Waals surface area contributed by atoms with E-state index in [2.05, 4.69) is 11.3 Å². The van der Waals surface area contributed by atoms with E-state index in [4.69, 9.17) is 22.6 Å². The number of benzene rings is 1. The zero-order valence-corrected chi connectivity index (χ0v) is 8.41. The smallest absolute Gasteiger partial charge is 0.409 e. The second-order valence-electron chi connectivity index (χ2n) is 2.61. The van der Waals surface area contributed by atoms with Crippen LogP contribution in [0.1, 0.15) is 11.1 Å². The van der Waals surface area contributed by atoms with Gasteiger partial charge in [0.25, 0.3) is 0 Å². The molecule has 0 aliphatic heterocycles. The van der Waals surface area contributed by atoms with Crippen molar-refractivity contribution in [3.8, 4) is 11.8 Å². The zero-order valence-electron chi connectivity index (χ0n) is 7.66. The lowest BCUT2D eigenvalue weighted by molar-refractivity contribution is 0.211. The summed E-state index contributed by atoms with van der Waals surface area (Å²) in [5.74, 6) is 0.0538. The number of primary amides is 1. The fourth-order valence-corrected chi connectivity index (χ4v) is 1.24. The number of rotatable bonds is 2. The number of carbonyl (C=O) groups is 1. The van der Waals surface area contributed by atoms with Crippen LogP contribution in [0.5, 0.6) is 5.75 Å². The summed E-state index contributed by atoms with van der Waals surface area (Å²) in [5, 5.41) is 8.90. The van der Waals surface area contributed by atoms with Gasteiger partial charge in [0, 0.05) is 6.07 Å². The summed E-state index contributed by atoms with van der Waals surface area (Å²) >= 11 is 5.87. The lowest BCUT2D eigenvalue weighted by Gasteiger charge is -2.06. The molecule has 4 nitrogen and oxygen atoms in total. The molecule has 0 unspecified atom stereocenters. The van der Waals surface area contributed by atoms with Gasteiger partial charge < -0.3 is 10.5 Å². The van der Waals surface area contributed by atoms with E-state index in [9.17, 15) is 4.79 Å². The van der Waals surface area contributed by atoms with E-state index in [0.717, 1.165) is 0 Å². The minimum absolute atomic E-state index is 0.0538. The Kier molecular flexibility index (Phi) is 3.32. The van der Waals surface area contributed by atoms with E-state index in [1.807, 2.05) is 6.07 Å². The molecule has 0 aromatic heterocycles. The molecule has 0 bridgehead atoms. The molecule has 2 N–H and O–H groups in total. The van der Waals surface area contributed by atoms with Crippen molar-refractivity contribution in [1.82, 2.24) is 0 Å². The van der Waals surface area contributed by atoms with Gasteiger partial charge in [-0.1, -0.05) is 24.3 Å². The summed E-state index contributed by atoms with van der Waals surface area (Å²) in [6.07, 6.45) is 0.471. The highest BCUT2D eigenvalue weighted by atomic mass is 35.5. The molecule has 0 atom stereocenters.